The van der Waals surface area contributed by atoms with E-state index in [1.165, 1.54) is 0 Å². The van der Waals surface area contributed by atoms with Gasteiger partial charge in [0.15, 0.2) is 0 Å². The topological polar surface area (TPSA) is 58.2 Å². The van der Waals surface area contributed by atoms with Gasteiger partial charge in [-0.1, -0.05) is 11.6 Å². The Bertz CT molecular complexity index is 587. The van der Waals surface area contributed by atoms with E-state index in [0.29, 0.717) is 11.4 Å². The molecular formula is C14H20N2O2S. The van der Waals surface area contributed by atoms with Gasteiger partial charge in [0.25, 0.3) is 0 Å². The highest BCUT2D eigenvalue weighted by Gasteiger charge is 2.16. The molecule has 0 saturated carbocycles. The Kier molecular flexibility index (Phi) is 4.27. The first kappa shape index (κ1) is 14.1. The molecule has 0 spiro atoms. The highest BCUT2D eigenvalue weighted by atomic mass is 32.2. The first-order valence-corrected chi connectivity index (χ1v) is 7.97. The third-order valence-electron chi connectivity index (χ3n) is 3.11. The van der Waals surface area contributed by atoms with Crippen molar-refractivity contribution in [2.45, 2.75) is 31.6 Å². The SMILES string of the molecule is CC(C)=CCNS(=O)(=O)c1ccc2c(c1)CCCN2. The second-order valence-electron chi connectivity index (χ2n) is 4.98. The Balaban J connectivity index is 2.18. The maximum Gasteiger partial charge on any atom is 0.240 e. The van der Waals surface area contributed by atoms with Crippen LogP contribution < -0.4 is 10.0 Å². The second kappa shape index (κ2) is 5.75. The lowest BCUT2D eigenvalue weighted by Crippen LogP contribution is -2.24. The molecule has 4 nitrogen and oxygen atoms in total. The zero-order chi connectivity index (χ0) is 13.9. The van der Waals surface area contributed by atoms with Gasteiger partial charge in [-0.05, 0) is 50.5 Å². The molecule has 104 valence electrons. The van der Waals surface area contributed by atoms with E-state index in [1.807, 2.05) is 26.0 Å². The lowest BCUT2D eigenvalue weighted by molar-refractivity contribution is 0.585. The van der Waals surface area contributed by atoms with Gasteiger partial charge in [0, 0.05) is 18.8 Å². The van der Waals surface area contributed by atoms with E-state index in [2.05, 4.69) is 10.0 Å². The van der Waals surface area contributed by atoms with E-state index in [1.54, 1.807) is 12.1 Å². The van der Waals surface area contributed by atoms with E-state index in [4.69, 9.17) is 0 Å². The van der Waals surface area contributed by atoms with Crippen molar-refractivity contribution in [1.82, 2.24) is 4.72 Å². The van der Waals surface area contributed by atoms with E-state index in [-0.39, 0.29) is 0 Å². The molecule has 2 N–H and O–H groups in total. The second-order valence-corrected chi connectivity index (χ2v) is 6.75. The van der Waals surface area contributed by atoms with E-state index in [0.717, 1.165) is 36.2 Å². The number of sulfonamides is 1. The van der Waals surface area contributed by atoms with Crippen molar-refractivity contribution < 1.29 is 8.42 Å². The van der Waals surface area contributed by atoms with Crippen LogP contribution in [0, 0.1) is 0 Å². The highest BCUT2D eigenvalue weighted by molar-refractivity contribution is 7.89. The largest absolute Gasteiger partial charge is 0.385 e. The average Bonchev–Trinajstić information content (AvgIpc) is 2.37. The highest BCUT2D eigenvalue weighted by Crippen LogP contribution is 2.24. The van der Waals surface area contributed by atoms with Crippen LogP contribution in [-0.4, -0.2) is 21.5 Å². The molecule has 1 aliphatic rings. The van der Waals surface area contributed by atoms with Crippen LogP contribution in [0.25, 0.3) is 0 Å². The van der Waals surface area contributed by atoms with Gasteiger partial charge in [0.2, 0.25) is 10.0 Å². The van der Waals surface area contributed by atoms with Gasteiger partial charge in [0.05, 0.1) is 4.90 Å². The first-order valence-electron chi connectivity index (χ1n) is 6.49. The third kappa shape index (κ3) is 3.58. The molecule has 1 heterocycles. The number of anilines is 1. The molecule has 1 aromatic rings. The molecule has 1 aromatic carbocycles. The minimum absolute atomic E-state index is 0.333. The van der Waals surface area contributed by atoms with Crippen LogP contribution in [0.5, 0.6) is 0 Å². The van der Waals surface area contributed by atoms with Crippen molar-refractivity contribution in [3.8, 4) is 0 Å². The minimum Gasteiger partial charge on any atom is -0.385 e. The maximum absolute atomic E-state index is 12.1. The standard InChI is InChI=1S/C14H20N2O2S/c1-11(2)7-9-16-19(17,18)13-5-6-14-12(10-13)4-3-8-15-14/h5-7,10,15-16H,3-4,8-9H2,1-2H3. The molecule has 0 bridgehead atoms. The number of rotatable bonds is 4. The Labute approximate surface area is 115 Å². The number of benzene rings is 1. The third-order valence-corrected chi connectivity index (χ3v) is 4.53. The minimum atomic E-state index is -3.41. The number of nitrogens with one attached hydrogen (secondary N) is 2. The van der Waals surface area contributed by atoms with Crippen LogP contribution in [0.3, 0.4) is 0 Å². The van der Waals surface area contributed by atoms with Gasteiger partial charge >= 0.3 is 0 Å². The summed E-state index contributed by atoms with van der Waals surface area (Å²) in [6, 6.07) is 5.28. The summed E-state index contributed by atoms with van der Waals surface area (Å²) in [6.07, 6.45) is 3.83. The maximum atomic E-state index is 12.1. The molecule has 2 rings (SSSR count). The van der Waals surface area contributed by atoms with Gasteiger partial charge in [-0.15, -0.1) is 0 Å². The van der Waals surface area contributed by atoms with Crippen molar-refractivity contribution in [1.29, 1.82) is 0 Å². The smallest absolute Gasteiger partial charge is 0.240 e. The van der Waals surface area contributed by atoms with Crippen molar-refractivity contribution in [3.63, 3.8) is 0 Å². The van der Waals surface area contributed by atoms with E-state index >= 15 is 0 Å². The van der Waals surface area contributed by atoms with Crippen molar-refractivity contribution in [2.24, 2.45) is 0 Å². The Morgan fingerprint density at radius 1 is 1.42 bits per heavy atom. The lowest BCUT2D eigenvalue weighted by Gasteiger charge is -2.18. The summed E-state index contributed by atoms with van der Waals surface area (Å²) in [5.41, 5.74) is 3.23. The summed E-state index contributed by atoms with van der Waals surface area (Å²) in [4.78, 5) is 0.345. The van der Waals surface area contributed by atoms with Crippen molar-refractivity contribution >= 4 is 15.7 Å². The van der Waals surface area contributed by atoms with Gasteiger partial charge in [0.1, 0.15) is 0 Å². The zero-order valence-corrected chi connectivity index (χ0v) is 12.2. The summed E-state index contributed by atoms with van der Waals surface area (Å²) in [5.74, 6) is 0. The fourth-order valence-electron chi connectivity index (χ4n) is 2.06. The number of allylic oxidation sites excluding steroid dienone is 1. The van der Waals surface area contributed by atoms with Crippen molar-refractivity contribution in [2.75, 3.05) is 18.4 Å². The molecule has 1 aliphatic heterocycles. The molecular weight excluding hydrogens is 260 g/mol. The molecule has 19 heavy (non-hydrogen) atoms. The molecule has 0 amide bonds. The molecule has 0 unspecified atom stereocenters. The quantitative estimate of drug-likeness (QED) is 0.832. The fraction of sp³-hybridized carbons (Fsp3) is 0.429. The van der Waals surface area contributed by atoms with Gasteiger partial charge in [-0.2, -0.15) is 0 Å². The molecule has 5 heteroatoms. The predicted octanol–water partition coefficient (Wildman–Crippen LogP) is 2.29. The Hall–Kier alpha value is -1.33. The molecule has 0 radical (unpaired) electrons. The normalized spacial score (nSPS) is 14.4. The van der Waals surface area contributed by atoms with E-state index < -0.39 is 10.0 Å². The van der Waals surface area contributed by atoms with Crippen LogP contribution in [0.4, 0.5) is 5.69 Å². The zero-order valence-electron chi connectivity index (χ0n) is 11.4. The molecule has 0 aliphatic carbocycles. The van der Waals surface area contributed by atoms with Gasteiger partial charge < -0.3 is 5.32 Å². The van der Waals surface area contributed by atoms with E-state index in [9.17, 15) is 8.42 Å². The van der Waals surface area contributed by atoms with Gasteiger partial charge in [-0.3, -0.25) is 0 Å². The summed E-state index contributed by atoms with van der Waals surface area (Å²) < 4.78 is 26.9. The fourth-order valence-corrected chi connectivity index (χ4v) is 3.07. The Morgan fingerprint density at radius 3 is 2.95 bits per heavy atom. The summed E-state index contributed by atoms with van der Waals surface area (Å²) in [5, 5.41) is 3.27. The lowest BCUT2D eigenvalue weighted by atomic mass is 10.0. The summed E-state index contributed by atoms with van der Waals surface area (Å²) in [6.45, 7) is 5.18. The van der Waals surface area contributed by atoms with Crippen LogP contribution in [0.1, 0.15) is 25.8 Å². The average molecular weight is 280 g/mol. The first-order chi connectivity index (χ1) is 8.99. The molecule has 0 fully saturated rings. The number of hydrogen-bond donors (Lipinski definition) is 2. The molecule has 0 atom stereocenters. The summed E-state index contributed by atoms with van der Waals surface area (Å²) in [7, 11) is -3.41. The predicted molar refractivity (Wildman–Crippen MR) is 77.9 cm³/mol. The number of fused-ring (bicyclic) bond motifs is 1. The molecule has 0 aromatic heterocycles. The van der Waals surface area contributed by atoms with Crippen LogP contribution in [0.2, 0.25) is 0 Å². The van der Waals surface area contributed by atoms with Crippen LogP contribution in [-0.2, 0) is 16.4 Å². The Morgan fingerprint density at radius 2 is 2.21 bits per heavy atom. The number of hydrogen-bond acceptors (Lipinski definition) is 3. The number of aryl methyl sites for hydroxylation is 1. The summed E-state index contributed by atoms with van der Waals surface area (Å²) >= 11 is 0. The van der Waals surface area contributed by atoms with Crippen molar-refractivity contribution in [3.05, 3.63) is 35.4 Å². The monoisotopic (exact) mass is 280 g/mol. The molecule has 0 saturated heterocycles. The van der Waals surface area contributed by atoms with Crippen LogP contribution >= 0.6 is 0 Å². The van der Waals surface area contributed by atoms with Crippen LogP contribution in [0.15, 0.2) is 34.7 Å². The van der Waals surface area contributed by atoms with Gasteiger partial charge in [-0.25, -0.2) is 13.1 Å².